The number of hydrogen-bond donors (Lipinski definition) is 1. The van der Waals surface area contributed by atoms with Gasteiger partial charge in [-0.25, -0.2) is 0 Å². The molecule has 2 rings (SSSR count). The number of halogens is 1. The summed E-state index contributed by atoms with van der Waals surface area (Å²) < 4.78 is 0. The van der Waals surface area contributed by atoms with E-state index in [4.69, 9.17) is 0 Å². The molecule has 2 fully saturated rings. The van der Waals surface area contributed by atoms with Crippen LogP contribution >= 0.6 is 35.7 Å². The molecule has 26 heavy (non-hydrogen) atoms. The Balaban J connectivity index is 0.00000338. The number of thioether (sulfide) groups is 1. The van der Waals surface area contributed by atoms with Gasteiger partial charge in [0, 0.05) is 52.9 Å². The van der Waals surface area contributed by atoms with Gasteiger partial charge in [0.1, 0.15) is 0 Å². The molecule has 2 aliphatic rings. The number of amides is 1. The van der Waals surface area contributed by atoms with Gasteiger partial charge in [-0.05, 0) is 31.3 Å². The smallest absolute Gasteiger partial charge is 0.236 e. The van der Waals surface area contributed by atoms with Gasteiger partial charge in [0.2, 0.25) is 5.91 Å². The second-order valence-electron chi connectivity index (χ2n) is 6.88. The van der Waals surface area contributed by atoms with E-state index in [9.17, 15) is 4.79 Å². The fourth-order valence-electron chi connectivity index (χ4n) is 3.48. The van der Waals surface area contributed by atoms with E-state index in [-0.39, 0.29) is 24.0 Å². The Morgan fingerprint density at radius 1 is 1.00 bits per heavy atom. The Bertz CT molecular complexity index is 422. The first-order valence-corrected chi connectivity index (χ1v) is 11.1. The molecule has 0 aromatic heterocycles. The number of piperazine rings is 1. The number of rotatable bonds is 6. The highest BCUT2D eigenvalue weighted by Crippen LogP contribution is 2.11. The summed E-state index contributed by atoms with van der Waals surface area (Å²) in [5.41, 5.74) is 0. The van der Waals surface area contributed by atoms with E-state index in [2.05, 4.69) is 31.3 Å². The van der Waals surface area contributed by atoms with Gasteiger partial charge < -0.3 is 15.1 Å². The van der Waals surface area contributed by atoms with Crippen molar-refractivity contribution in [3.8, 4) is 0 Å². The first kappa shape index (κ1) is 23.8. The average Bonchev–Trinajstić information content (AvgIpc) is 2.92. The van der Waals surface area contributed by atoms with Crippen LogP contribution < -0.4 is 5.32 Å². The molecule has 0 aromatic rings. The third-order valence-corrected chi connectivity index (χ3v) is 5.71. The molecule has 2 saturated heterocycles. The highest BCUT2D eigenvalue weighted by atomic mass is 127. The van der Waals surface area contributed by atoms with Gasteiger partial charge >= 0.3 is 0 Å². The van der Waals surface area contributed by atoms with Crippen LogP contribution in [0.2, 0.25) is 0 Å². The van der Waals surface area contributed by atoms with Crippen molar-refractivity contribution in [1.82, 2.24) is 20.0 Å². The highest BCUT2D eigenvalue weighted by Gasteiger charge is 2.23. The summed E-state index contributed by atoms with van der Waals surface area (Å²) in [6, 6.07) is 0. The first-order chi connectivity index (χ1) is 12.2. The van der Waals surface area contributed by atoms with Gasteiger partial charge in [0.25, 0.3) is 0 Å². The Hall–Kier alpha value is -0.220. The Morgan fingerprint density at radius 3 is 2.23 bits per heavy atom. The fraction of sp³-hybridized carbons (Fsp3) is 0.889. The standard InChI is InChI=1S/C18H35N5OS.HI/c1-19-18(20-8-7-15-25-2)23-13-11-21(12-14-23)16-17(24)22-9-5-3-4-6-10-22;/h3-16H2,1-2H3,(H,19,20);1H. The molecule has 6 nitrogen and oxygen atoms in total. The zero-order valence-electron chi connectivity index (χ0n) is 16.4. The zero-order chi connectivity index (χ0) is 17.9. The number of carbonyl (C=O) groups is 1. The molecule has 0 bridgehead atoms. The Kier molecular flexibility index (Phi) is 12.7. The number of carbonyl (C=O) groups excluding carboxylic acids is 1. The lowest BCUT2D eigenvalue weighted by molar-refractivity contribution is -0.132. The number of guanidine groups is 1. The number of nitrogens with zero attached hydrogens (tertiary/aromatic N) is 4. The average molecular weight is 497 g/mol. The van der Waals surface area contributed by atoms with Crippen molar-refractivity contribution >= 4 is 47.6 Å². The van der Waals surface area contributed by atoms with Gasteiger partial charge in [-0.3, -0.25) is 14.7 Å². The van der Waals surface area contributed by atoms with Crippen molar-refractivity contribution in [1.29, 1.82) is 0 Å². The molecule has 152 valence electrons. The van der Waals surface area contributed by atoms with Crippen LogP contribution in [-0.4, -0.2) is 98.0 Å². The minimum Gasteiger partial charge on any atom is -0.356 e. The van der Waals surface area contributed by atoms with E-state index in [1.165, 1.54) is 18.6 Å². The van der Waals surface area contributed by atoms with Gasteiger partial charge in [-0.2, -0.15) is 11.8 Å². The maximum Gasteiger partial charge on any atom is 0.236 e. The van der Waals surface area contributed by atoms with Crippen LogP contribution in [-0.2, 0) is 4.79 Å². The third-order valence-electron chi connectivity index (χ3n) is 5.01. The van der Waals surface area contributed by atoms with Crippen LogP contribution in [0.25, 0.3) is 0 Å². The summed E-state index contributed by atoms with van der Waals surface area (Å²) in [7, 11) is 1.85. The molecule has 0 unspecified atom stereocenters. The maximum atomic E-state index is 12.5. The number of nitrogens with one attached hydrogen (secondary N) is 1. The number of hydrogen-bond acceptors (Lipinski definition) is 4. The van der Waals surface area contributed by atoms with Crippen LogP contribution in [0.15, 0.2) is 4.99 Å². The Labute approximate surface area is 180 Å². The predicted molar refractivity (Wildman–Crippen MR) is 123 cm³/mol. The molecule has 8 heteroatoms. The fourth-order valence-corrected chi connectivity index (χ4v) is 3.91. The van der Waals surface area contributed by atoms with E-state index in [0.29, 0.717) is 12.5 Å². The monoisotopic (exact) mass is 497 g/mol. The zero-order valence-corrected chi connectivity index (χ0v) is 19.6. The number of likely N-dealkylation sites (tertiary alicyclic amines) is 1. The molecule has 0 aromatic carbocycles. The second kappa shape index (κ2) is 13.9. The molecule has 1 amide bonds. The lowest BCUT2D eigenvalue weighted by atomic mass is 10.2. The number of aliphatic imine (C=N–C) groups is 1. The summed E-state index contributed by atoms with van der Waals surface area (Å²) in [4.78, 5) is 23.6. The Morgan fingerprint density at radius 2 is 1.65 bits per heavy atom. The SMILES string of the molecule is CN=C(NCCCSC)N1CCN(CC(=O)N2CCCCCC2)CC1.I. The van der Waals surface area contributed by atoms with Gasteiger partial charge in [0.05, 0.1) is 6.54 Å². The van der Waals surface area contributed by atoms with Gasteiger partial charge in [-0.15, -0.1) is 24.0 Å². The lowest BCUT2D eigenvalue weighted by Gasteiger charge is -2.37. The van der Waals surface area contributed by atoms with Crippen molar-refractivity contribution in [2.45, 2.75) is 32.1 Å². The van der Waals surface area contributed by atoms with E-state index < -0.39 is 0 Å². The summed E-state index contributed by atoms with van der Waals surface area (Å²) in [5.74, 6) is 2.49. The van der Waals surface area contributed by atoms with Crippen LogP contribution in [0.5, 0.6) is 0 Å². The molecule has 2 heterocycles. The quantitative estimate of drug-likeness (QED) is 0.263. The molecule has 0 spiro atoms. The van der Waals surface area contributed by atoms with Gasteiger partial charge in [0.15, 0.2) is 5.96 Å². The second-order valence-corrected chi connectivity index (χ2v) is 7.86. The van der Waals surface area contributed by atoms with Crippen LogP contribution in [0.3, 0.4) is 0 Å². The maximum absolute atomic E-state index is 12.5. The summed E-state index contributed by atoms with van der Waals surface area (Å²) in [6.45, 7) is 7.20. The van der Waals surface area contributed by atoms with Crippen molar-refractivity contribution in [2.24, 2.45) is 4.99 Å². The highest BCUT2D eigenvalue weighted by molar-refractivity contribution is 14.0. The van der Waals surface area contributed by atoms with Crippen molar-refractivity contribution < 1.29 is 4.79 Å². The first-order valence-electron chi connectivity index (χ1n) is 9.69. The summed E-state index contributed by atoms with van der Waals surface area (Å²) in [6.07, 6.45) is 8.17. The van der Waals surface area contributed by atoms with Gasteiger partial charge in [-0.1, -0.05) is 12.8 Å². The van der Waals surface area contributed by atoms with Crippen LogP contribution in [0.4, 0.5) is 0 Å². The van der Waals surface area contributed by atoms with E-state index >= 15 is 0 Å². The molecule has 0 atom stereocenters. The third kappa shape index (κ3) is 8.21. The largest absolute Gasteiger partial charge is 0.356 e. The predicted octanol–water partition coefficient (Wildman–Crippen LogP) is 1.95. The molecule has 0 saturated carbocycles. The molecule has 1 N–H and O–H groups in total. The molecule has 0 aliphatic carbocycles. The summed E-state index contributed by atoms with van der Waals surface area (Å²) >= 11 is 1.88. The normalized spacial score (nSPS) is 19.7. The van der Waals surface area contributed by atoms with E-state index in [1.807, 2.05) is 18.8 Å². The van der Waals surface area contributed by atoms with Crippen molar-refractivity contribution in [2.75, 3.05) is 71.4 Å². The lowest BCUT2D eigenvalue weighted by Crippen LogP contribution is -2.54. The van der Waals surface area contributed by atoms with E-state index in [1.54, 1.807) is 0 Å². The minimum absolute atomic E-state index is 0. The van der Waals surface area contributed by atoms with Crippen molar-refractivity contribution in [3.63, 3.8) is 0 Å². The minimum atomic E-state index is 0. The molecular weight excluding hydrogens is 461 g/mol. The molecule has 2 aliphatic heterocycles. The molecule has 0 radical (unpaired) electrons. The van der Waals surface area contributed by atoms with E-state index in [0.717, 1.165) is 71.0 Å². The van der Waals surface area contributed by atoms with Crippen LogP contribution in [0.1, 0.15) is 32.1 Å². The van der Waals surface area contributed by atoms with Crippen molar-refractivity contribution in [3.05, 3.63) is 0 Å². The summed E-state index contributed by atoms with van der Waals surface area (Å²) in [5, 5.41) is 3.46. The van der Waals surface area contributed by atoms with Crippen LogP contribution in [0, 0.1) is 0 Å². The molecular formula is C18H36IN5OS. The topological polar surface area (TPSA) is 51.2 Å².